The molecule has 2 fully saturated rings. The summed E-state index contributed by atoms with van der Waals surface area (Å²) in [7, 11) is 0. The number of halogens is 1. The lowest BCUT2D eigenvalue weighted by atomic mass is 10.1. The van der Waals surface area contributed by atoms with Gasteiger partial charge in [-0.05, 0) is 38.0 Å². The zero-order valence-electron chi connectivity index (χ0n) is 15.3. The van der Waals surface area contributed by atoms with Gasteiger partial charge < -0.3 is 15.1 Å². The number of piperazine rings is 1. The van der Waals surface area contributed by atoms with E-state index < -0.39 is 0 Å². The summed E-state index contributed by atoms with van der Waals surface area (Å²) in [5.74, 6) is 0.0501. The van der Waals surface area contributed by atoms with Crippen molar-refractivity contribution in [3.05, 3.63) is 28.8 Å². The number of benzene rings is 1. The summed E-state index contributed by atoms with van der Waals surface area (Å²) < 4.78 is 0. The quantitative estimate of drug-likeness (QED) is 0.849. The minimum atomic E-state index is 0.0116. The SMILES string of the molecule is CCNC(=O)CN1CCN(C(=O)c2ccc(N3CCCC3)c(Cl)c2)CC1. The van der Waals surface area contributed by atoms with E-state index in [1.54, 1.807) is 6.07 Å². The van der Waals surface area contributed by atoms with Crippen LogP contribution in [0.25, 0.3) is 0 Å². The molecular formula is C19H27ClN4O2. The fourth-order valence-corrected chi connectivity index (χ4v) is 3.90. The molecule has 2 heterocycles. The van der Waals surface area contributed by atoms with Crippen LogP contribution in [0.3, 0.4) is 0 Å². The number of nitrogens with zero attached hydrogens (tertiary/aromatic N) is 3. The van der Waals surface area contributed by atoms with E-state index in [4.69, 9.17) is 11.6 Å². The fraction of sp³-hybridized carbons (Fsp3) is 0.579. The van der Waals surface area contributed by atoms with Crippen molar-refractivity contribution >= 4 is 29.1 Å². The average Bonchev–Trinajstić information content (AvgIpc) is 3.16. The molecule has 0 radical (unpaired) electrons. The van der Waals surface area contributed by atoms with Crippen molar-refractivity contribution < 1.29 is 9.59 Å². The highest BCUT2D eigenvalue weighted by molar-refractivity contribution is 6.33. The normalized spacial score (nSPS) is 18.2. The number of nitrogens with one attached hydrogen (secondary N) is 1. The molecule has 2 aliphatic heterocycles. The predicted octanol–water partition coefficient (Wildman–Crippen LogP) is 1.83. The Morgan fingerprint density at radius 1 is 1.08 bits per heavy atom. The maximum atomic E-state index is 12.8. The molecule has 0 spiro atoms. The van der Waals surface area contributed by atoms with Gasteiger partial charge in [-0.2, -0.15) is 0 Å². The maximum absolute atomic E-state index is 12.8. The van der Waals surface area contributed by atoms with E-state index in [1.165, 1.54) is 12.8 Å². The summed E-state index contributed by atoms with van der Waals surface area (Å²) in [4.78, 5) is 30.6. The minimum absolute atomic E-state index is 0.0116. The van der Waals surface area contributed by atoms with Gasteiger partial charge in [0.1, 0.15) is 0 Å². The summed E-state index contributed by atoms with van der Waals surface area (Å²) in [6.45, 7) is 7.69. The van der Waals surface area contributed by atoms with Crippen LogP contribution in [-0.4, -0.2) is 74.0 Å². The lowest BCUT2D eigenvalue weighted by Crippen LogP contribution is -2.51. The van der Waals surface area contributed by atoms with Crippen molar-refractivity contribution in [2.45, 2.75) is 19.8 Å². The molecule has 26 heavy (non-hydrogen) atoms. The second-order valence-corrected chi connectivity index (χ2v) is 7.29. The topological polar surface area (TPSA) is 55.9 Å². The first-order chi connectivity index (χ1) is 12.6. The number of rotatable bonds is 5. The van der Waals surface area contributed by atoms with Crippen LogP contribution in [0.4, 0.5) is 5.69 Å². The molecular weight excluding hydrogens is 352 g/mol. The molecule has 142 valence electrons. The summed E-state index contributed by atoms with van der Waals surface area (Å²) in [5.41, 5.74) is 1.66. The van der Waals surface area contributed by atoms with E-state index in [1.807, 2.05) is 24.0 Å². The largest absolute Gasteiger partial charge is 0.370 e. The lowest BCUT2D eigenvalue weighted by molar-refractivity contribution is -0.122. The number of hydrogen-bond donors (Lipinski definition) is 1. The summed E-state index contributed by atoms with van der Waals surface area (Å²) in [6, 6.07) is 5.63. The van der Waals surface area contributed by atoms with Gasteiger partial charge in [0.2, 0.25) is 5.91 Å². The molecule has 0 bridgehead atoms. The van der Waals surface area contributed by atoms with E-state index in [0.29, 0.717) is 49.9 Å². The zero-order chi connectivity index (χ0) is 18.5. The molecule has 0 saturated carbocycles. The zero-order valence-corrected chi connectivity index (χ0v) is 16.1. The Bertz CT molecular complexity index is 653. The van der Waals surface area contributed by atoms with Gasteiger partial charge in [-0.3, -0.25) is 14.5 Å². The van der Waals surface area contributed by atoms with Crippen LogP contribution < -0.4 is 10.2 Å². The van der Waals surface area contributed by atoms with Crippen LogP contribution >= 0.6 is 11.6 Å². The lowest BCUT2D eigenvalue weighted by Gasteiger charge is -2.34. The molecule has 0 atom stereocenters. The van der Waals surface area contributed by atoms with Crippen molar-refractivity contribution in [3.63, 3.8) is 0 Å². The number of carbonyl (C=O) groups excluding carboxylic acids is 2. The maximum Gasteiger partial charge on any atom is 0.253 e. The van der Waals surface area contributed by atoms with Gasteiger partial charge in [0, 0.05) is 51.4 Å². The molecule has 2 amide bonds. The van der Waals surface area contributed by atoms with Crippen molar-refractivity contribution in [2.75, 3.05) is 57.3 Å². The molecule has 0 unspecified atom stereocenters. The van der Waals surface area contributed by atoms with Gasteiger partial charge in [0.15, 0.2) is 0 Å². The van der Waals surface area contributed by atoms with Gasteiger partial charge in [-0.15, -0.1) is 0 Å². The van der Waals surface area contributed by atoms with Crippen LogP contribution in [0, 0.1) is 0 Å². The second kappa shape index (κ2) is 8.73. The Morgan fingerprint density at radius 3 is 2.38 bits per heavy atom. The molecule has 2 aliphatic rings. The molecule has 0 aromatic heterocycles. The summed E-state index contributed by atoms with van der Waals surface area (Å²) in [6.07, 6.45) is 2.38. The van der Waals surface area contributed by atoms with Crippen LogP contribution in [0.15, 0.2) is 18.2 Å². The van der Waals surface area contributed by atoms with E-state index in [-0.39, 0.29) is 11.8 Å². The van der Waals surface area contributed by atoms with Crippen LogP contribution in [0.2, 0.25) is 5.02 Å². The smallest absolute Gasteiger partial charge is 0.253 e. The van der Waals surface area contributed by atoms with Crippen LogP contribution in [0.5, 0.6) is 0 Å². The Kier molecular flexibility index (Phi) is 6.38. The van der Waals surface area contributed by atoms with Crippen LogP contribution in [0.1, 0.15) is 30.1 Å². The highest BCUT2D eigenvalue weighted by Gasteiger charge is 2.24. The monoisotopic (exact) mass is 378 g/mol. The van der Waals surface area contributed by atoms with Crippen molar-refractivity contribution in [2.24, 2.45) is 0 Å². The number of amides is 2. The van der Waals surface area contributed by atoms with Gasteiger partial charge >= 0.3 is 0 Å². The Hall–Kier alpha value is -1.79. The number of carbonyl (C=O) groups is 2. The first kappa shape index (κ1) is 19.0. The molecule has 3 rings (SSSR count). The average molecular weight is 379 g/mol. The summed E-state index contributed by atoms with van der Waals surface area (Å²) in [5, 5.41) is 3.45. The molecule has 2 saturated heterocycles. The third-order valence-corrected chi connectivity index (χ3v) is 5.34. The molecule has 1 aromatic rings. The number of likely N-dealkylation sites (N-methyl/N-ethyl adjacent to an activating group) is 1. The third-order valence-electron chi connectivity index (χ3n) is 5.04. The first-order valence-electron chi connectivity index (χ1n) is 9.41. The molecule has 6 nitrogen and oxygen atoms in total. The van der Waals surface area contributed by atoms with Crippen LogP contribution in [-0.2, 0) is 4.79 Å². The third kappa shape index (κ3) is 4.48. The molecule has 0 aliphatic carbocycles. The molecule has 1 N–H and O–H groups in total. The Labute approximate surface area is 160 Å². The minimum Gasteiger partial charge on any atom is -0.370 e. The van der Waals surface area contributed by atoms with Gasteiger partial charge in [-0.25, -0.2) is 0 Å². The standard InChI is InChI=1S/C19H27ClN4O2/c1-2-21-18(25)14-22-9-11-24(12-10-22)19(26)15-5-6-17(16(20)13-15)23-7-3-4-8-23/h5-6,13H,2-4,7-12,14H2,1H3,(H,21,25). The fourth-order valence-electron chi connectivity index (χ4n) is 3.60. The van der Waals surface area contributed by atoms with Crippen molar-refractivity contribution in [1.82, 2.24) is 15.1 Å². The van der Waals surface area contributed by atoms with Crippen molar-refractivity contribution in [1.29, 1.82) is 0 Å². The predicted molar refractivity (Wildman–Crippen MR) is 104 cm³/mol. The second-order valence-electron chi connectivity index (χ2n) is 6.88. The molecule has 7 heteroatoms. The number of anilines is 1. The Morgan fingerprint density at radius 2 is 1.77 bits per heavy atom. The first-order valence-corrected chi connectivity index (χ1v) is 9.79. The van der Waals surface area contributed by atoms with E-state index in [0.717, 1.165) is 18.8 Å². The highest BCUT2D eigenvalue weighted by atomic mass is 35.5. The van der Waals surface area contributed by atoms with Gasteiger partial charge in [0.25, 0.3) is 5.91 Å². The molecule has 1 aromatic carbocycles. The van der Waals surface area contributed by atoms with E-state index in [9.17, 15) is 9.59 Å². The van der Waals surface area contributed by atoms with Gasteiger partial charge in [-0.1, -0.05) is 11.6 Å². The number of hydrogen-bond acceptors (Lipinski definition) is 4. The van der Waals surface area contributed by atoms with Gasteiger partial charge in [0.05, 0.1) is 17.3 Å². The van der Waals surface area contributed by atoms with E-state index in [2.05, 4.69) is 15.1 Å². The highest BCUT2D eigenvalue weighted by Crippen LogP contribution is 2.30. The van der Waals surface area contributed by atoms with Crippen molar-refractivity contribution in [3.8, 4) is 0 Å². The summed E-state index contributed by atoms with van der Waals surface area (Å²) >= 11 is 6.44. The Balaban J connectivity index is 1.56. The van der Waals surface area contributed by atoms with E-state index >= 15 is 0 Å².